The molecule has 2 aliphatic heterocycles. The molecular weight excluding hydrogens is 614 g/mol. The predicted molar refractivity (Wildman–Crippen MR) is 182 cm³/mol. The molecule has 3 aromatic heterocycles. The molecule has 0 aromatic carbocycles. The molecule has 254 valence electrons. The van der Waals surface area contributed by atoms with E-state index in [0.29, 0.717) is 53.2 Å². The van der Waals surface area contributed by atoms with Crippen LogP contribution < -0.4 is 15.8 Å². The zero-order valence-electron chi connectivity index (χ0n) is 28.3. The quantitative estimate of drug-likeness (QED) is 0.201. The summed E-state index contributed by atoms with van der Waals surface area (Å²) in [6.07, 6.45) is 7.52. The van der Waals surface area contributed by atoms with Crippen LogP contribution in [0.4, 0.5) is 5.00 Å². The van der Waals surface area contributed by atoms with E-state index < -0.39 is 0 Å². The van der Waals surface area contributed by atoms with Gasteiger partial charge in [-0.3, -0.25) is 4.90 Å². The number of rotatable bonds is 15. The number of anilines is 1. The van der Waals surface area contributed by atoms with Crippen molar-refractivity contribution >= 4 is 16.3 Å². The molecular formula is C35H49N7O4S. The molecule has 11 nitrogen and oxygen atoms in total. The van der Waals surface area contributed by atoms with Gasteiger partial charge in [-0.15, -0.1) is 11.3 Å². The van der Waals surface area contributed by atoms with Crippen LogP contribution in [0.5, 0.6) is 5.88 Å². The highest BCUT2D eigenvalue weighted by atomic mass is 32.1. The number of aromatic nitrogens is 3. The summed E-state index contributed by atoms with van der Waals surface area (Å²) in [4.78, 5) is 14.1. The highest BCUT2D eigenvalue weighted by molar-refractivity contribution is 7.16. The van der Waals surface area contributed by atoms with Crippen LogP contribution in [-0.2, 0) is 28.9 Å². The summed E-state index contributed by atoms with van der Waals surface area (Å²) in [6, 6.07) is 2.76. The Hall–Kier alpha value is -3.08. The SMILES string of the molecule is CCCc1c(C2CCCc3sc(N)c(C#N)c32)noc1-c1nc(OC[C@@H](C)CCCNC)c2c(n1)[C@@H](CCOC)CN(C1COC1)C2. The van der Waals surface area contributed by atoms with Gasteiger partial charge in [0.2, 0.25) is 17.5 Å². The Kier molecular flexibility index (Phi) is 11.1. The molecule has 5 heterocycles. The third-order valence-corrected chi connectivity index (χ3v) is 11.0. The maximum Gasteiger partial charge on any atom is 0.221 e. The zero-order valence-corrected chi connectivity index (χ0v) is 29.1. The molecule has 6 rings (SSSR count). The van der Waals surface area contributed by atoms with E-state index in [1.54, 1.807) is 7.11 Å². The van der Waals surface area contributed by atoms with Crippen molar-refractivity contribution in [3.05, 3.63) is 38.5 Å². The number of aryl methyl sites for hydroxylation is 1. The molecule has 3 aliphatic rings. The van der Waals surface area contributed by atoms with E-state index in [0.717, 1.165) is 112 Å². The summed E-state index contributed by atoms with van der Waals surface area (Å²) in [6.45, 7) is 9.69. The van der Waals surface area contributed by atoms with Crippen molar-refractivity contribution in [2.75, 3.05) is 59.4 Å². The maximum absolute atomic E-state index is 10.0. The number of methoxy groups -OCH3 is 1. The Bertz CT molecular complexity index is 1560. The minimum atomic E-state index is -0.0412. The molecule has 0 spiro atoms. The molecule has 3 N–H and O–H groups in total. The lowest BCUT2D eigenvalue weighted by atomic mass is 9.81. The number of nitriles is 1. The van der Waals surface area contributed by atoms with Crippen molar-refractivity contribution in [3.8, 4) is 23.5 Å². The summed E-state index contributed by atoms with van der Waals surface area (Å²) in [7, 11) is 3.74. The van der Waals surface area contributed by atoms with Crippen LogP contribution in [0.2, 0.25) is 0 Å². The Labute approximate surface area is 282 Å². The van der Waals surface area contributed by atoms with Crippen LogP contribution in [0.3, 0.4) is 0 Å². The van der Waals surface area contributed by atoms with E-state index in [4.69, 9.17) is 39.6 Å². The molecule has 0 radical (unpaired) electrons. The van der Waals surface area contributed by atoms with Gasteiger partial charge in [-0.2, -0.15) is 10.2 Å². The fraction of sp³-hybridized carbons (Fsp3) is 0.657. The number of hydrogen-bond donors (Lipinski definition) is 2. The first-order valence-corrected chi connectivity index (χ1v) is 18.1. The lowest BCUT2D eigenvalue weighted by Crippen LogP contribution is -2.51. The second-order valence-corrected chi connectivity index (χ2v) is 14.5. The van der Waals surface area contributed by atoms with Gasteiger partial charge in [0.1, 0.15) is 11.1 Å². The molecule has 3 atom stereocenters. The van der Waals surface area contributed by atoms with Crippen molar-refractivity contribution in [1.82, 2.24) is 25.3 Å². The van der Waals surface area contributed by atoms with Crippen molar-refractivity contribution in [2.45, 2.75) is 89.6 Å². The lowest BCUT2D eigenvalue weighted by Gasteiger charge is -2.42. The van der Waals surface area contributed by atoms with Crippen LogP contribution in [-0.4, -0.2) is 79.7 Å². The number of fused-ring (bicyclic) bond motifs is 2. The number of ether oxygens (including phenoxy) is 3. The molecule has 0 amide bonds. The van der Waals surface area contributed by atoms with Gasteiger partial charge in [-0.1, -0.05) is 25.4 Å². The normalized spacial score (nSPS) is 20.3. The summed E-state index contributed by atoms with van der Waals surface area (Å²) in [5.74, 6) is 2.25. The number of thiophene rings is 1. The number of hydrogen-bond acceptors (Lipinski definition) is 12. The third-order valence-electron chi connectivity index (χ3n) is 9.90. The Morgan fingerprint density at radius 2 is 2.11 bits per heavy atom. The van der Waals surface area contributed by atoms with E-state index in [1.807, 2.05) is 7.05 Å². The summed E-state index contributed by atoms with van der Waals surface area (Å²) >= 11 is 1.54. The molecule has 47 heavy (non-hydrogen) atoms. The van der Waals surface area contributed by atoms with Crippen molar-refractivity contribution in [3.63, 3.8) is 0 Å². The van der Waals surface area contributed by atoms with Crippen LogP contribution >= 0.6 is 11.3 Å². The number of nitrogens with zero attached hydrogens (tertiary/aromatic N) is 5. The van der Waals surface area contributed by atoms with Gasteiger partial charge in [0.05, 0.1) is 48.4 Å². The van der Waals surface area contributed by atoms with Crippen molar-refractivity contribution in [2.24, 2.45) is 5.92 Å². The fourth-order valence-corrected chi connectivity index (χ4v) is 8.41. The lowest BCUT2D eigenvalue weighted by molar-refractivity contribution is -0.0733. The van der Waals surface area contributed by atoms with Crippen LogP contribution in [0.1, 0.15) is 103 Å². The Balaban J connectivity index is 1.41. The minimum absolute atomic E-state index is 0.0412. The smallest absolute Gasteiger partial charge is 0.221 e. The van der Waals surface area contributed by atoms with E-state index >= 15 is 0 Å². The average Bonchev–Trinajstić information content (AvgIpc) is 3.61. The first-order chi connectivity index (χ1) is 23.0. The third kappa shape index (κ3) is 7.06. The Morgan fingerprint density at radius 1 is 1.26 bits per heavy atom. The van der Waals surface area contributed by atoms with Gasteiger partial charge < -0.3 is 29.8 Å². The monoisotopic (exact) mass is 663 g/mol. The molecule has 1 aliphatic carbocycles. The highest BCUT2D eigenvalue weighted by Gasteiger charge is 2.38. The van der Waals surface area contributed by atoms with Gasteiger partial charge in [0, 0.05) is 49.1 Å². The standard InChI is InChI=1S/C35H49N7O4S/c1-5-8-25-31(24-10-6-11-28-29(24)26(15-36)33(37)47-28)41-46-32(25)34-39-30-22(12-14-43-4)16-42(23-19-44-20-23)17-27(30)35(40-34)45-18-21(2)9-7-13-38-3/h21-24,38H,5-14,16-20,37H2,1-4H3/t21-,22-,24?/m0/s1. The van der Waals surface area contributed by atoms with Gasteiger partial charge in [-0.05, 0) is 70.0 Å². The molecule has 1 unspecified atom stereocenters. The summed E-state index contributed by atoms with van der Waals surface area (Å²) < 4.78 is 24.0. The second-order valence-electron chi connectivity index (χ2n) is 13.3. The predicted octanol–water partition coefficient (Wildman–Crippen LogP) is 5.42. The van der Waals surface area contributed by atoms with Crippen LogP contribution in [0.15, 0.2) is 4.52 Å². The van der Waals surface area contributed by atoms with E-state index in [1.165, 1.54) is 16.2 Å². The summed E-state index contributed by atoms with van der Waals surface area (Å²) in [5, 5.41) is 18.6. The number of nitrogens with one attached hydrogen (secondary N) is 1. The van der Waals surface area contributed by atoms with E-state index in [-0.39, 0.29) is 11.8 Å². The molecule has 0 saturated carbocycles. The van der Waals surface area contributed by atoms with Crippen molar-refractivity contribution < 1.29 is 18.7 Å². The van der Waals surface area contributed by atoms with Gasteiger partial charge in [-0.25, -0.2) is 4.98 Å². The van der Waals surface area contributed by atoms with E-state index in [2.05, 4.69) is 30.1 Å². The average molecular weight is 664 g/mol. The molecule has 0 bridgehead atoms. The van der Waals surface area contributed by atoms with Crippen LogP contribution in [0.25, 0.3) is 11.6 Å². The molecule has 3 aromatic rings. The number of nitrogen functional groups attached to an aromatic ring is 1. The first kappa shape index (κ1) is 33.8. The Morgan fingerprint density at radius 3 is 2.83 bits per heavy atom. The molecule has 12 heteroatoms. The van der Waals surface area contributed by atoms with Gasteiger partial charge >= 0.3 is 0 Å². The maximum atomic E-state index is 10.0. The van der Waals surface area contributed by atoms with Gasteiger partial charge in [0.15, 0.2) is 0 Å². The minimum Gasteiger partial charge on any atom is -0.477 e. The number of nitrogens with two attached hydrogens (primary N) is 1. The van der Waals surface area contributed by atoms with Crippen molar-refractivity contribution in [1.29, 1.82) is 5.26 Å². The van der Waals surface area contributed by atoms with E-state index in [9.17, 15) is 5.26 Å². The topological polar surface area (TPSA) is 145 Å². The highest BCUT2D eigenvalue weighted by Crippen LogP contribution is 2.47. The molecule has 1 saturated heterocycles. The largest absolute Gasteiger partial charge is 0.477 e. The second kappa shape index (κ2) is 15.4. The first-order valence-electron chi connectivity index (χ1n) is 17.3. The molecule has 1 fully saturated rings. The fourth-order valence-electron chi connectivity index (χ4n) is 7.28. The summed E-state index contributed by atoms with van der Waals surface area (Å²) in [5.41, 5.74) is 11.9. The van der Waals surface area contributed by atoms with Crippen LogP contribution in [0, 0.1) is 17.2 Å². The zero-order chi connectivity index (χ0) is 32.9. The van der Waals surface area contributed by atoms with Gasteiger partial charge in [0.25, 0.3) is 0 Å².